The molecule has 21 heavy (non-hydrogen) atoms. The molecule has 1 unspecified atom stereocenters. The Hall–Kier alpha value is -0.910. The molecule has 2 heterocycles. The summed E-state index contributed by atoms with van der Waals surface area (Å²) in [6.45, 7) is 4.70. The third-order valence-corrected chi connectivity index (χ3v) is 5.89. The quantitative estimate of drug-likeness (QED) is 0.658. The molecule has 4 nitrogen and oxygen atoms in total. The van der Waals surface area contributed by atoms with Gasteiger partial charge in [-0.3, -0.25) is 15.7 Å². The predicted molar refractivity (Wildman–Crippen MR) is 88.2 cm³/mol. The van der Waals surface area contributed by atoms with E-state index in [4.69, 9.17) is 5.84 Å². The lowest BCUT2D eigenvalue weighted by atomic mass is 9.74. The highest BCUT2D eigenvalue weighted by atomic mass is 32.1. The molecule has 0 bridgehead atoms. The van der Waals surface area contributed by atoms with Gasteiger partial charge in [-0.1, -0.05) is 13.8 Å². The summed E-state index contributed by atoms with van der Waals surface area (Å²) in [5.74, 6) is 8.23. The Bertz CT molecular complexity index is 537. The van der Waals surface area contributed by atoms with Gasteiger partial charge in [0.15, 0.2) is 4.96 Å². The molecule has 5 heteroatoms. The van der Waals surface area contributed by atoms with Gasteiger partial charge in [-0.25, -0.2) is 4.98 Å². The molecule has 0 spiro atoms. The number of imidazole rings is 1. The lowest BCUT2D eigenvalue weighted by molar-refractivity contribution is 0.187. The normalized spacial score (nSPS) is 24.8. The number of aromatic nitrogens is 2. The Kier molecular flexibility index (Phi) is 4.62. The van der Waals surface area contributed by atoms with Crippen molar-refractivity contribution in [2.45, 2.75) is 52.0 Å². The number of hydrogen-bond donors (Lipinski definition) is 2. The molecule has 1 aliphatic carbocycles. The van der Waals surface area contributed by atoms with Gasteiger partial charge in [0, 0.05) is 30.2 Å². The van der Waals surface area contributed by atoms with E-state index in [2.05, 4.69) is 46.4 Å². The molecular formula is C16H26N4S. The fourth-order valence-corrected chi connectivity index (χ4v) is 4.39. The molecule has 0 amide bonds. The fraction of sp³-hybridized carbons (Fsp3) is 0.688. The van der Waals surface area contributed by atoms with Crippen LogP contribution in [0.25, 0.3) is 4.96 Å². The van der Waals surface area contributed by atoms with Crippen LogP contribution in [-0.4, -0.2) is 15.4 Å². The van der Waals surface area contributed by atoms with Crippen LogP contribution >= 0.6 is 11.3 Å². The van der Waals surface area contributed by atoms with Crippen molar-refractivity contribution in [3.8, 4) is 0 Å². The Labute approximate surface area is 130 Å². The number of nitrogens with zero attached hydrogens (tertiary/aromatic N) is 2. The van der Waals surface area contributed by atoms with E-state index < -0.39 is 0 Å². The number of hydrazine groups is 1. The number of hydrogen-bond acceptors (Lipinski definition) is 4. The largest absolute Gasteiger partial charge is 0.297 e. The molecule has 116 valence electrons. The number of thiazole rings is 1. The summed E-state index contributed by atoms with van der Waals surface area (Å²) in [5.41, 5.74) is 4.20. The maximum atomic E-state index is 5.83. The smallest absolute Gasteiger partial charge is 0.193 e. The second kappa shape index (κ2) is 6.46. The summed E-state index contributed by atoms with van der Waals surface area (Å²) in [6, 6.07) is 0.350. The summed E-state index contributed by atoms with van der Waals surface area (Å²) in [7, 11) is 0. The molecule has 3 rings (SSSR count). The van der Waals surface area contributed by atoms with Crippen molar-refractivity contribution in [2.24, 2.45) is 23.6 Å². The molecule has 2 aromatic heterocycles. The van der Waals surface area contributed by atoms with E-state index in [0.717, 1.165) is 28.9 Å². The van der Waals surface area contributed by atoms with Crippen LogP contribution < -0.4 is 11.3 Å². The molecule has 0 aromatic carbocycles. The topological polar surface area (TPSA) is 55.3 Å². The second-order valence-corrected chi connectivity index (χ2v) is 7.59. The van der Waals surface area contributed by atoms with Gasteiger partial charge in [-0.2, -0.15) is 0 Å². The summed E-state index contributed by atoms with van der Waals surface area (Å²) in [6.07, 6.45) is 10.4. The highest BCUT2D eigenvalue weighted by Gasteiger charge is 2.28. The zero-order chi connectivity index (χ0) is 14.8. The van der Waals surface area contributed by atoms with Crippen molar-refractivity contribution in [1.82, 2.24) is 14.8 Å². The van der Waals surface area contributed by atoms with Crippen molar-refractivity contribution in [2.75, 3.05) is 0 Å². The molecule has 1 saturated carbocycles. The Balaban J connectivity index is 1.61. The molecular weight excluding hydrogens is 280 g/mol. The van der Waals surface area contributed by atoms with Crippen molar-refractivity contribution in [3.05, 3.63) is 23.5 Å². The minimum Gasteiger partial charge on any atom is -0.297 e. The Morgan fingerprint density at radius 3 is 2.67 bits per heavy atom. The first kappa shape index (κ1) is 15.0. The van der Waals surface area contributed by atoms with Crippen LogP contribution in [0.2, 0.25) is 0 Å². The van der Waals surface area contributed by atoms with Crippen LogP contribution in [0.15, 0.2) is 17.8 Å². The Morgan fingerprint density at radius 2 is 2.05 bits per heavy atom. The van der Waals surface area contributed by atoms with E-state index in [1.165, 1.54) is 25.7 Å². The molecule has 2 aromatic rings. The van der Waals surface area contributed by atoms with Crippen LogP contribution in [0.5, 0.6) is 0 Å². The molecule has 0 aliphatic heterocycles. The highest BCUT2D eigenvalue weighted by molar-refractivity contribution is 7.15. The molecule has 1 aliphatic rings. The zero-order valence-electron chi connectivity index (χ0n) is 13.0. The van der Waals surface area contributed by atoms with Crippen molar-refractivity contribution in [3.63, 3.8) is 0 Å². The highest BCUT2D eigenvalue weighted by Crippen LogP contribution is 2.35. The van der Waals surface area contributed by atoms with Crippen molar-refractivity contribution >= 4 is 16.3 Å². The summed E-state index contributed by atoms with van der Waals surface area (Å²) < 4.78 is 2.10. The van der Waals surface area contributed by atoms with E-state index in [1.54, 1.807) is 11.3 Å². The van der Waals surface area contributed by atoms with Crippen LogP contribution in [0.1, 0.15) is 45.2 Å². The van der Waals surface area contributed by atoms with Crippen molar-refractivity contribution < 1.29 is 0 Å². The minimum atomic E-state index is 0.350. The van der Waals surface area contributed by atoms with Gasteiger partial charge in [0.25, 0.3) is 0 Å². The molecule has 0 saturated heterocycles. The SMILES string of the molecule is CC(C)C1CCC(C(Cc2cn3ccsc3n2)NN)CC1. The number of nitrogens with two attached hydrogens (primary N) is 1. The summed E-state index contributed by atoms with van der Waals surface area (Å²) in [4.78, 5) is 5.76. The Morgan fingerprint density at radius 1 is 1.33 bits per heavy atom. The van der Waals surface area contributed by atoms with Gasteiger partial charge >= 0.3 is 0 Å². The van der Waals surface area contributed by atoms with Gasteiger partial charge in [0.05, 0.1) is 5.69 Å². The van der Waals surface area contributed by atoms with Gasteiger partial charge in [-0.15, -0.1) is 11.3 Å². The lowest BCUT2D eigenvalue weighted by Crippen LogP contribution is -2.44. The van der Waals surface area contributed by atoms with E-state index in [1.807, 2.05) is 0 Å². The first-order valence-corrected chi connectivity index (χ1v) is 8.92. The first-order chi connectivity index (χ1) is 10.2. The van der Waals surface area contributed by atoms with E-state index in [-0.39, 0.29) is 0 Å². The monoisotopic (exact) mass is 306 g/mol. The summed E-state index contributed by atoms with van der Waals surface area (Å²) >= 11 is 1.68. The van der Waals surface area contributed by atoms with Gasteiger partial charge in [0.1, 0.15) is 0 Å². The molecule has 3 N–H and O–H groups in total. The van der Waals surface area contributed by atoms with Crippen LogP contribution in [0, 0.1) is 17.8 Å². The van der Waals surface area contributed by atoms with E-state index in [0.29, 0.717) is 12.0 Å². The average molecular weight is 306 g/mol. The van der Waals surface area contributed by atoms with E-state index >= 15 is 0 Å². The zero-order valence-corrected chi connectivity index (χ0v) is 13.8. The third kappa shape index (κ3) is 3.30. The summed E-state index contributed by atoms with van der Waals surface area (Å²) in [5, 5.41) is 2.07. The third-order valence-electron chi connectivity index (χ3n) is 5.11. The first-order valence-electron chi connectivity index (χ1n) is 8.04. The van der Waals surface area contributed by atoms with Gasteiger partial charge in [0.2, 0.25) is 0 Å². The molecule has 0 radical (unpaired) electrons. The van der Waals surface area contributed by atoms with Crippen LogP contribution in [0.4, 0.5) is 0 Å². The van der Waals surface area contributed by atoms with Gasteiger partial charge < -0.3 is 0 Å². The molecule has 1 atom stereocenters. The van der Waals surface area contributed by atoms with Crippen LogP contribution in [0.3, 0.4) is 0 Å². The second-order valence-electron chi connectivity index (χ2n) is 6.72. The number of nitrogens with one attached hydrogen (secondary N) is 1. The van der Waals surface area contributed by atoms with E-state index in [9.17, 15) is 0 Å². The van der Waals surface area contributed by atoms with Crippen molar-refractivity contribution in [1.29, 1.82) is 0 Å². The number of fused-ring (bicyclic) bond motifs is 1. The average Bonchev–Trinajstić information content (AvgIpc) is 3.06. The minimum absolute atomic E-state index is 0.350. The van der Waals surface area contributed by atoms with Gasteiger partial charge in [-0.05, 0) is 43.4 Å². The standard InChI is InChI=1S/C16H26N4S/c1-11(2)12-3-5-13(6-4-12)15(19-17)9-14-10-20-7-8-21-16(20)18-14/h7-8,10-13,15,19H,3-6,9,17H2,1-2H3. The van der Waals surface area contributed by atoms with Crippen LogP contribution in [-0.2, 0) is 6.42 Å². The molecule has 1 fully saturated rings. The maximum Gasteiger partial charge on any atom is 0.193 e. The predicted octanol–water partition coefficient (Wildman–Crippen LogP) is 3.23. The fourth-order valence-electron chi connectivity index (χ4n) is 3.68. The number of rotatable bonds is 5. The lowest BCUT2D eigenvalue weighted by Gasteiger charge is -2.35. The maximum absolute atomic E-state index is 5.83.